The third kappa shape index (κ3) is 3.37. The normalized spacial score (nSPS) is 21.5. The number of furan rings is 1. The van der Waals surface area contributed by atoms with Crippen molar-refractivity contribution in [3.05, 3.63) is 47.7 Å². The van der Waals surface area contributed by atoms with E-state index in [9.17, 15) is 9.90 Å². The molecule has 1 aromatic heterocycles. The number of nitrogens with zero attached hydrogens (tertiary/aromatic N) is 2. The summed E-state index contributed by atoms with van der Waals surface area (Å²) in [5.74, 6) is 0.959. The second kappa shape index (κ2) is 6.79. The molecule has 2 atom stereocenters. The second-order valence-electron chi connectivity index (χ2n) is 6.70. The van der Waals surface area contributed by atoms with Gasteiger partial charge in [0.15, 0.2) is 0 Å². The molecule has 2 aromatic rings. The number of aliphatic carboxylic acids is 1. The molecule has 1 aromatic carbocycles. The first-order valence-electron chi connectivity index (χ1n) is 8.23. The zero-order valence-electron chi connectivity index (χ0n) is 14.4. The van der Waals surface area contributed by atoms with Gasteiger partial charge in [-0.05, 0) is 45.1 Å². The first-order chi connectivity index (χ1) is 11.5. The molecule has 0 amide bonds. The fourth-order valence-corrected chi connectivity index (χ4v) is 3.38. The van der Waals surface area contributed by atoms with Crippen LogP contribution in [-0.2, 0) is 11.3 Å². The molecule has 1 fully saturated rings. The lowest BCUT2D eigenvalue weighted by Crippen LogP contribution is -2.36. The summed E-state index contributed by atoms with van der Waals surface area (Å²) >= 11 is 0. The average Bonchev–Trinajstić information content (AvgIpc) is 3.14. The van der Waals surface area contributed by atoms with Crippen molar-refractivity contribution in [2.24, 2.45) is 0 Å². The maximum Gasteiger partial charge on any atom is 0.320 e. The van der Waals surface area contributed by atoms with Crippen molar-refractivity contribution >= 4 is 5.97 Å². The van der Waals surface area contributed by atoms with Crippen LogP contribution in [0, 0.1) is 6.92 Å². The number of hydrogen-bond acceptors (Lipinski definition) is 4. The topological polar surface area (TPSA) is 56.9 Å². The smallest absolute Gasteiger partial charge is 0.320 e. The Morgan fingerprint density at radius 3 is 2.67 bits per heavy atom. The Labute approximate surface area is 142 Å². The molecule has 1 N–H and O–H groups in total. The van der Waals surface area contributed by atoms with Crippen LogP contribution in [0.3, 0.4) is 0 Å². The molecule has 1 aliphatic heterocycles. The lowest BCUT2D eigenvalue weighted by Gasteiger charge is -2.23. The highest BCUT2D eigenvalue weighted by Gasteiger charge is 2.37. The van der Waals surface area contributed by atoms with Gasteiger partial charge in [0.25, 0.3) is 0 Å². The monoisotopic (exact) mass is 328 g/mol. The highest BCUT2D eigenvalue weighted by atomic mass is 16.4. The molecule has 0 unspecified atom stereocenters. The highest BCUT2D eigenvalue weighted by molar-refractivity contribution is 5.74. The molecule has 5 nitrogen and oxygen atoms in total. The van der Waals surface area contributed by atoms with Gasteiger partial charge in [-0.25, -0.2) is 0 Å². The van der Waals surface area contributed by atoms with Crippen LogP contribution in [0.25, 0.3) is 11.3 Å². The molecule has 128 valence electrons. The predicted octanol–water partition coefficient (Wildman–Crippen LogP) is 2.84. The molecule has 24 heavy (non-hydrogen) atoms. The summed E-state index contributed by atoms with van der Waals surface area (Å²) in [6.45, 7) is 3.29. The summed E-state index contributed by atoms with van der Waals surface area (Å²) < 4.78 is 5.77. The average molecular weight is 328 g/mol. The van der Waals surface area contributed by atoms with Crippen LogP contribution in [-0.4, -0.2) is 53.6 Å². The number of carboxylic acids is 1. The Kier molecular flexibility index (Phi) is 4.73. The zero-order chi connectivity index (χ0) is 17.3. The quantitative estimate of drug-likeness (QED) is 0.914. The number of likely N-dealkylation sites (tertiary alicyclic amines) is 1. The van der Waals surface area contributed by atoms with Crippen molar-refractivity contribution in [2.45, 2.75) is 32.0 Å². The van der Waals surface area contributed by atoms with E-state index in [-0.39, 0.29) is 6.04 Å². The van der Waals surface area contributed by atoms with Gasteiger partial charge in [0.1, 0.15) is 17.6 Å². The minimum atomic E-state index is -0.745. The van der Waals surface area contributed by atoms with E-state index in [4.69, 9.17) is 4.42 Å². The van der Waals surface area contributed by atoms with Crippen LogP contribution in [0.1, 0.15) is 17.7 Å². The summed E-state index contributed by atoms with van der Waals surface area (Å²) in [5.41, 5.74) is 2.13. The Balaban J connectivity index is 1.86. The lowest BCUT2D eigenvalue weighted by molar-refractivity contribution is -0.142. The lowest BCUT2D eigenvalue weighted by atomic mass is 10.0. The fraction of sp³-hybridized carbons (Fsp3) is 0.421. The van der Waals surface area contributed by atoms with Gasteiger partial charge in [-0.15, -0.1) is 0 Å². The Bertz CT molecular complexity index is 723. The molecule has 1 aliphatic rings. The molecule has 1 saturated heterocycles. The van der Waals surface area contributed by atoms with E-state index in [2.05, 4.69) is 15.9 Å². The minimum absolute atomic E-state index is 0.268. The van der Waals surface area contributed by atoms with Gasteiger partial charge in [-0.3, -0.25) is 9.69 Å². The standard InChI is InChI=1S/C19H24N2O3/c1-13-8-9-18(24-13)16-7-5-4-6-14(16)11-21-12-15(20(2)3)10-17(21)19(22)23/h4-9,15,17H,10-12H2,1-3H3,(H,22,23)/t15-,17+/m1/s1. The van der Waals surface area contributed by atoms with Crippen LogP contribution >= 0.6 is 0 Å². The first-order valence-corrected chi connectivity index (χ1v) is 8.23. The maximum atomic E-state index is 11.6. The van der Waals surface area contributed by atoms with Crippen LogP contribution in [0.2, 0.25) is 0 Å². The van der Waals surface area contributed by atoms with E-state index in [1.54, 1.807) is 0 Å². The van der Waals surface area contributed by atoms with E-state index in [1.807, 2.05) is 51.4 Å². The molecule has 0 aliphatic carbocycles. The first kappa shape index (κ1) is 16.7. The van der Waals surface area contributed by atoms with Crippen LogP contribution in [0.5, 0.6) is 0 Å². The van der Waals surface area contributed by atoms with Crippen LogP contribution in [0.4, 0.5) is 0 Å². The summed E-state index contributed by atoms with van der Waals surface area (Å²) in [4.78, 5) is 15.8. The molecule has 3 rings (SSSR count). The van der Waals surface area contributed by atoms with Gasteiger partial charge < -0.3 is 14.4 Å². The van der Waals surface area contributed by atoms with Gasteiger partial charge in [0.05, 0.1) is 0 Å². The van der Waals surface area contributed by atoms with E-state index >= 15 is 0 Å². The largest absolute Gasteiger partial charge is 0.480 e. The van der Waals surface area contributed by atoms with E-state index < -0.39 is 12.0 Å². The third-order valence-corrected chi connectivity index (χ3v) is 4.79. The molecule has 0 spiro atoms. The number of benzene rings is 1. The van der Waals surface area contributed by atoms with Gasteiger partial charge in [-0.1, -0.05) is 24.3 Å². The van der Waals surface area contributed by atoms with Gasteiger partial charge in [0.2, 0.25) is 0 Å². The Morgan fingerprint density at radius 2 is 2.04 bits per heavy atom. The van der Waals surface area contributed by atoms with E-state index in [0.717, 1.165) is 29.2 Å². The van der Waals surface area contributed by atoms with Crippen molar-refractivity contribution in [1.82, 2.24) is 9.80 Å². The van der Waals surface area contributed by atoms with Crippen molar-refractivity contribution in [1.29, 1.82) is 0 Å². The molecular weight excluding hydrogens is 304 g/mol. The number of hydrogen-bond donors (Lipinski definition) is 1. The number of rotatable bonds is 5. The Morgan fingerprint density at radius 1 is 1.29 bits per heavy atom. The molecule has 0 saturated carbocycles. The molecular formula is C19H24N2O3. The molecule has 0 bridgehead atoms. The van der Waals surface area contributed by atoms with Gasteiger partial charge in [-0.2, -0.15) is 0 Å². The molecule has 5 heteroatoms. The van der Waals surface area contributed by atoms with Crippen LogP contribution < -0.4 is 0 Å². The maximum absolute atomic E-state index is 11.6. The zero-order valence-corrected chi connectivity index (χ0v) is 14.4. The molecule has 0 radical (unpaired) electrons. The summed E-state index contributed by atoms with van der Waals surface area (Å²) in [7, 11) is 4.01. The molecule has 2 heterocycles. The third-order valence-electron chi connectivity index (χ3n) is 4.79. The van der Waals surface area contributed by atoms with Crippen LogP contribution in [0.15, 0.2) is 40.8 Å². The van der Waals surface area contributed by atoms with E-state index in [0.29, 0.717) is 13.0 Å². The van der Waals surface area contributed by atoms with Crippen molar-refractivity contribution in [2.75, 3.05) is 20.6 Å². The van der Waals surface area contributed by atoms with Crippen molar-refractivity contribution in [3.8, 4) is 11.3 Å². The summed E-state index contributed by atoms with van der Waals surface area (Å²) in [6, 6.07) is 11.8. The number of carboxylic acid groups (broad SMARTS) is 1. The van der Waals surface area contributed by atoms with Crippen molar-refractivity contribution in [3.63, 3.8) is 0 Å². The fourth-order valence-electron chi connectivity index (χ4n) is 3.38. The van der Waals surface area contributed by atoms with Gasteiger partial charge >= 0.3 is 5.97 Å². The summed E-state index contributed by atoms with van der Waals surface area (Å²) in [5, 5.41) is 9.57. The number of carbonyl (C=O) groups is 1. The Hall–Kier alpha value is -2.11. The van der Waals surface area contributed by atoms with E-state index in [1.165, 1.54) is 0 Å². The number of aryl methyl sites for hydroxylation is 1. The highest BCUT2D eigenvalue weighted by Crippen LogP contribution is 2.29. The van der Waals surface area contributed by atoms with Gasteiger partial charge in [0, 0.05) is 24.7 Å². The van der Waals surface area contributed by atoms with Crippen molar-refractivity contribution < 1.29 is 14.3 Å². The second-order valence-corrected chi connectivity index (χ2v) is 6.70. The number of likely N-dealkylation sites (N-methyl/N-ethyl adjacent to an activating group) is 1. The minimum Gasteiger partial charge on any atom is -0.480 e. The predicted molar refractivity (Wildman–Crippen MR) is 92.8 cm³/mol. The summed E-state index contributed by atoms with van der Waals surface area (Å²) in [6.07, 6.45) is 0.657. The SMILES string of the molecule is Cc1ccc(-c2ccccc2CN2C[C@H](N(C)C)C[C@H]2C(=O)O)o1.